The Morgan fingerprint density at radius 3 is 2.84 bits per heavy atom. The Labute approximate surface area is 171 Å². The lowest BCUT2D eigenvalue weighted by molar-refractivity contribution is 0.0906. The van der Waals surface area contributed by atoms with Gasteiger partial charge in [-0.25, -0.2) is 0 Å². The summed E-state index contributed by atoms with van der Waals surface area (Å²) in [6, 6.07) is 14.6. The van der Waals surface area contributed by atoms with E-state index in [9.17, 15) is 0 Å². The lowest BCUT2D eigenvalue weighted by Crippen LogP contribution is -2.39. The van der Waals surface area contributed by atoms with Crippen molar-refractivity contribution in [3.63, 3.8) is 0 Å². The largest absolute Gasteiger partial charge is 0.376 e. The molecule has 1 aliphatic heterocycles. The molecule has 1 saturated heterocycles. The molecule has 1 unspecified atom stereocenters. The molecule has 1 fully saturated rings. The highest BCUT2D eigenvalue weighted by Crippen LogP contribution is 2.17. The Hall–Kier alpha value is -1.12. The summed E-state index contributed by atoms with van der Waals surface area (Å²) in [4.78, 5) is 8.10. The van der Waals surface area contributed by atoms with E-state index >= 15 is 0 Å². The van der Waals surface area contributed by atoms with Gasteiger partial charge in [0.2, 0.25) is 0 Å². The predicted octanol–water partition coefficient (Wildman–Crippen LogP) is 3.98. The van der Waals surface area contributed by atoms with Crippen LogP contribution < -0.4 is 5.32 Å². The van der Waals surface area contributed by atoms with E-state index in [-0.39, 0.29) is 24.0 Å². The molecule has 0 amide bonds. The van der Waals surface area contributed by atoms with E-state index in [1.807, 2.05) is 13.1 Å². The van der Waals surface area contributed by atoms with Crippen LogP contribution in [0.2, 0.25) is 0 Å². The summed E-state index contributed by atoms with van der Waals surface area (Å²) < 4.78 is 5.90. The second-order valence-corrected chi connectivity index (χ2v) is 7.11. The molecule has 6 heteroatoms. The van der Waals surface area contributed by atoms with Gasteiger partial charge >= 0.3 is 0 Å². The maximum absolute atomic E-state index is 5.90. The third-order valence-electron chi connectivity index (χ3n) is 4.26. The minimum Gasteiger partial charge on any atom is -0.376 e. The molecule has 3 rings (SSSR count). The molecule has 2 aromatic rings. The standard InChI is InChI=1S/C19H25N3OS.HI/c1-20-19(21-12-18-8-5-11-24-18)22-10-9-17(13-22)15-23-14-16-6-3-2-4-7-16;/h2-8,11,17H,9-10,12-15H2,1H3,(H,20,21);1H. The molecule has 0 aliphatic carbocycles. The van der Waals surface area contributed by atoms with Crippen LogP contribution in [0.4, 0.5) is 0 Å². The lowest BCUT2D eigenvalue weighted by atomic mass is 10.1. The number of nitrogens with one attached hydrogen (secondary N) is 1. The monoisotopic (exact) mass is 471 g/mol. The Morgan fingerprint density at radius 1 is 1.28 bits per heavy atom. The van der Waals surface area contributed by atoms with Gasteiger partial charge in [-0.15, -0.1) is 35.3 Å². The van der Waals surface area contributed by atoms with Gasteiger partial charge in [0.25, 0.3) is 0 Å². The van der Waals surface area contributed by atoms with Crippen molar-refractivity contribution in [3.8, 4) is 0 Å². The predicted molar refractivity (Wildman–Crippen MR) is 116 cm³/mol. The van der Waals surface area contributed by atoms with Gasteiger partial charge in [-0.1, -0.05) is 36.4 Å². The summed E-state index contributed by atoms with van der Waals surface area (Å²) in [5.74, 6) is 1.57. The first-order valence-electron chi connectivity index (χ1n) is 8.45. The molecule has 2 heterocycles. The third-order valence-corrected chi connectivity index (χ3v) is 5.14. The highest BCUT2D eigenvalue weighted by Gasteiger charge is 2.24. The number of benzene rings is 1. The van der Waals surface area contributed by atoms with E-state index in [1.165, 1.54) is 10.4 Å². The number of ether oxygens (including phenoxy) is 1. The molecule has 1 atom stereocenters. The Morgan fingerprint density at radius 2 is 2.12 bits per heavy atom. The van der Waals surface area contributed by atoms with Crippen LogP contribution in [-0.4, -0.2) is 37.6 Å². The zero-order chi connectivity index (χ0) is 16.6. The number of thiophene rings is 1. The van der Waals surface area contributed by atoms with Gasteiger partial charge in [0, 0.05) is 30.9 Å². The molecule has 136 valence electrons. The molecule has 1 aliphatic rings. The first kappa shape index (κ1) is 20.2. The highest BCUT2D eigenvalue weighted by molar-refractivity contribution is 14.0. The normalized spacial score (nSPS) is 17.4. The van der Waals surface area contributed by atoms with Crippen molar-refractivity contribution in [1.82, 2.24) is 10.2 Å². The molecule has 0 radical (unpaired) electrons. The van der Waals surface area contributed by atoms with Gasteiger partial charge in [0.15, 0.2) is 5.96 Å². The van der Waals surface area contributed by atoms with Crippen LogP contribution in [0, 0.1) is 5.92 Å². The zero-order valence-electron chi connectivity index (χ0n) is 14.6. The minimum absolute atomic E-state index is 0. The second-order valence-electron chi connectivity index (χ2n) is 6.08. The fourth-order valence-electron chi connectivity index (χ4n) is 2.99. The van der Waals surface area contributed by atoms with Crippen molar-refractivity contribution in [2.24, 2.45) is 10.9 Å². The molecule has 1 aromatic carbocycles. The Bertz CT molecular complexity index is 633. The Kier molecular flexibility index (Phi) is 8.71. The first-order valence-corrected chi connectivity index (χ1v) is 9.33. The van der Waals surface area contributed by atoms with Crippen molar-refractivity contribution in [2.75, 3.05) is 26.7 Å². The van der Waals surface area contributed by atoms with Crippen LogP contribution in [0.1, 0.15) is 16.9 Å². The van der Waals surface area contributed by atoms with Crippen molar-refractivity contribution >= 4 is 41.3 Å². The van der Waals surface area contributed by atoms with Crippen LogP contribution in [-0.2, 0) is 17.9 Å². The van der Waals surface area contributed by atoms with Gasteiger partial charge in [0.05, 0.1) is 19.8 Å². The number of rotatable bonds is 6. The summed E-state index contributed by atoms with van der Waals surface area (Å²) in [5, 5.41) is 5.57. The van der Waals surface area contributed by atoms with E-state index < -0.39 is 0 Å². The van der Waals surface area contributed by atoms with Crippen LogP contribution >= 0.6 is 35.3 Å². The summed E-state index contributed by atoms with van der Waals surface area (Å²) in [7, 11) is 1.86. The summed E-state index contributed by atoms with van der Waals surface area (Å²) in [6.45, 7) is 4.41. The lowest BCUT2D eigenvalue weighted by Gasteiger charge is -2.21. The SMILES string of the molecule is CN=C(NCc1cccs1)N1CCC(COCc2ccccc2)C1.I. The summed E-state index contributed by atoms with van der Waals surface area (Å²) >= 11 is 1.77. The number of hydrogen-bond acceptors (Lipinski definition) is 3. The number of guanidine groups is 1. The van der Waals surface area contributed by atoms with Gasteiger partial charge in [0.1, 0.15) is 0 Å². The van der Waals surface area contributed by atoms with Crippen molar-refractivity contribution in [1.29, 1.82) is 0 Å². The average Bonchev–Trinajstić information content (AvgIpc) is 3.29. The quantitative estimate of drug-likeness (QED) is 0.394. The number of halogens is 1. The van der Waals surface area contributed by atoms with Crippen LogP contribution in [0.15, 0.2) is 52.8 Å². The van der Waals surface area contributed by atoms with Crippen molar-refractivity contribution < 1.29 is 4.74 Å². The number of nitrogens with zero attached hydrogens (tertiary/aromatic N) is 2. The van der Waals surface area contributed by atoms with E-state index in [0.29, 0.717) is 12.5 Å². The van der Waals surface area contributed by atoms with E-state index in [4.69, 9.17) is 4.74 Å². The van der Waals surface area contributed by atoms with Crippen LogP contribution in [0.3, 0.4) is 0 Å². The molecule has 0 saturated carbocycles. The van der Waals surface area contributed by atoms with Gasteiger partial charge in [-0.05, 0) is 23.4 Å². The molecule has 1 aromatic heterocycles. The summed E-state index contributed by atoms with van der Waals surface area (Å²) in [5.41, 5.74) is 1.24. The Balaban J connectivity index is 0.00000225. The van der Waals surface area contributed by atoms with Crippen molar-refractivity contribution in [2.45, 2.75) is 19.6 Å². The fourth-order valence-corrected chi connectivity index (χ4v) is 3.63. The first-order chi connectivity index (χ1) is 11.8. The van der Waals surface area contributed by atoms with Crippen LogP contribution in [0.25, 0.3) is 0 Å². The van der Waals surface area contributed by atoms with Crippen LogP contribution in [0.5, 0.6) is 0 Å². The maximum atomic E-state index is 5.90. The topological polar surface area (TPSA) is 36.9 Å². The van der Waals surface area contributed by atoms with E-state index in [0.717, 1.165) is 38.6 Å². The molecule has 0 bridgehead atoms. The maximum Gasteiger partial charge on any atom is 0.193 e. The average molecular weight is 471 g/mol. The smallest absolute Gasteiger partial charge is 0.193 e. The van der Waals surface area contributed by atoms with Gasteiger partial charge < -0.3 is 15.0 Å². The molecule has 0 spiro atoms. The van der Waals surface area contributed by atoms with Crippen molar-refractivity contribution in [3.05, 3.63) is 58.3 Å². The van der Waals surface area contributed by atoms with E-state index in [2.05, 4.69) is 57.0 Å². The van der Waals surface area contributed by atoms with Gasteiger partial charge in [-0.3, -0.25) is 4.99 Å². The molecule has 25 heavy (non-hydrogen) atoms. The minimum atomic E-state index is 0. The highest BCUT2D eigenvalue weighted by atomic mass is 127. The fraction of sp³-hybridized carbons (Fsp3) is 0.421. The van der Waals surface area contributed by atoms with E-state index in [1.54, 1.807) is 11.3 Å². The number of likely N-dealkylation sites (tertiary alicyclic amines) is 1. The zero-order valence-corrected chi connectivity index (χ0v) is 17.7. The second kappa shape index (κ2) is 10.8. The molecule has 4 nitrogen and oxygen atoms in total. The third kappa shape index (κ3) is 6.27. The summed E-state index contributed by atoms with van der Waals surface area (Å²) in [6.07, 6.45) is 1.16. The molecule has 1 N–H and O–H groups in total. The molecular weight excluding hydrogens is 445 g/mol. The number of hydrogen-bond donors (Lipinski definition) is 1. The number of aliphatic imine (C=N–C) groups is 1. The van der Waals surface area contributed by atoms with Gasteiger partial charge in [-0.2, -0.15) is 0 Å². The molecular formula is C19H26IN3OS.